The molecule has 1 aliphatic rings. The molecular weight excluding hydrogens is 412 g/mol. The average molecular weight is 431 g/mol. The molecule has 0 fully saturated rings. The molecule has 9 heteroatoms. The van der Waals surface area contributed by atoms with Gasteiger partial charge in [-0.05, 0) is 50.2 Å². The minimum absolute atomic E-state index is 0.0702. The van der Waals surface area contributed by atoms with Crippen LogP contribution in [0, 0.1) is 0 Å². The van der Waals surface area contributed by atoms with Crippen LogP contribution in [0.1, 0.15) is 41.0 Å². The van der Waals surface area contributed by atoms with Crippen LogP contribution in [0.5, 0.6) is 5.75 Å². The number of carbonyl (C=O) groups excluding carboxylic acids is 2. The molecule has 0 unspecified atom stereocenters. The van der Waals surface area contributed by atoms with Gasteiger partial charge in [0.15, 0.2) is 20.8 Å². The fourth-order valence-electron chi connectivity index (χ4n) is 3.15. The number of anilines is 1. The lowest BCUT2D eigenvalue weighted by molar-refractivity contribution is 0.0620. The maximum Gasteiger partial charge on any atom is 0.257 e. The number of amides is 1. The minimum Gasteiger partial charge on any atom is -0.487 e. The second-order valence-electron chi connectivity index (χ2n) is 7.55. The molecule has 29 heavy (non-hydrogen) atoms. The van der Waals surface area contributed by atoms with E-state index in [1.54, 1.807) is 18.2 Å². The molecule has 0 radical (unpaired) electrons. The van der Waals surface area contributed by atoms with Crippen LogP contribution in [-0.4, -0.2) is 36.9 Å². The number of nitrogens with one attached hydrogen (secondary N) is 1. The van der Waals surface area contributed by atoms with E-state index < -0.39 is 21.3 Å². The first-order valence-corrected chi connectivity index (χ1v) is 11.5. The van der Waals surface area contributed by atoms with E-state index in [0.29, 0.717) is 32.2 Å². The minimum atomic E-state index is -3.33. The maximum absolute atomic E-state index is 12.6. The zero-order valence-corrected chi connectivity index (χ0v) is 17.6. The molecule has 0 aliphatic carbocycles. The van der Waals surface area contributed by atoms with Gasteiger partial charge in [0.2, 0.25) is 0 Å². The predicted molar refractivity (Wildman–Crippen MR) is 111 cm³/mol. The van der Waals surface area contributed by atoms with E-state index in [1.165, 1.54) is 29.5 Å². The first-order chi connectivity index (χ1) is 13.5. The van der Waals surface area contributed by atoms with Gasteiger partial charge in [0.25, 0.3) is 5.91 Å². The van der Waals surface area contributed by atoms with Crippen molar-refractivity contribution in [2.24, 2.45) is 0 Å². The van der Waals surface area contributed by atoms with Crippen molar-refractivity contribution in [1.82, 2.24) is 4.98 Å². The van der Waals surface area contributed by atoms with Gasteiger partial charge in [0, 0.05) is 11.8 Å². The van der Waals surface area contributed by atoms with E-state index in [0.717, 1.165) is 6.26 Å². The molecule has 1 N–H and O–H groups in total. The number of ketones is 1. The number of Topliss-reactive ketones (excluding diaryl/α,β-unsaturated/α-hetero) is 1. The van der Waals surface area contributed by atoms with E-state index in [2.05, 4.69) is 10.3 Å². The summed E-state index contributed by atoms with van der Waals surface area (Å²) >= 11 is 1.18. The lowest BCUT2D eigenvalue weighted by Gasteiger charge is -2.31. The molecule has 3 aromatic rings. The van der Waals surface area contributed by atoms with Crippen LogP contribution in [0.4, 0.5) is 5.13 Å². The normalized spacial score (nSPS) is 15.6. The number of carbonyl (C=O) groups is 2. The largest absolute Gasteiger partial charge is 0.487 e. The van der Waals surface area contributed by atoms with Crippen molar-refractivity contribution in [2.75, 3.05) is 11.6 Å². The molecule has 2 heterocycles. The molecule has 7 nitrogen and oxygen atoms in total. The van der Waals surface area contributed by atoms with Crippen LogP contribution in [0.2, 0.25) is 0 Å². The SMILES string of the molecule is CC1(C)CC(=O)c2cc(C(=O)Nc3nc4ccc(S(C)(=O)=O)cc4s3)ccc2O1. The van der Waals surface area contributed by atoms with Gasteiger partial charge in [0.1, 0.15) is 11.4 Å². The van der Waals surface area contributed by atoms with Gasteiger partial charge >= 0.3 is 0 Å². The van der Waals surface area contributed by atoms with Gasteiger partial charge in [-0.15, -0.1) is 0 Å². The Morgan fingerprint density at radius 1 is 1.21 bits per heavy atom. The van der Waals surface area contributed by atoms with E-state index >= 15 is 0 Å². The third kappa shape index (κ3) is 3.88. The van der Waals surface area contributed by atoms with Crippen molar-refractivity contribution >= 4 is 48.2 Å². The highest BCUT2D eigenvalue weighted by Gasteiger charge is 2.32. The molecule has 150 valence electrons. The quantitative estimate of drug-likeness (QED) is 0.680. The average Bonchev–Trinajstić information content (AvgIpc) is 3.01. The molecule has 1 aliphatic heterocycles. The Kier molecular flexibility index (Phi) is 4.47. The number of benzene rings is 2. The van der Waals surface area contributed by atoms with E-state index in [-0.39, 0.29) is 17.1 Å². The summed E-state index contributed by atoms with van der Waals surface area (Å²) < 4.78 is 29.9. The second-order valence-corrected chi connectivity index (χ2v) is 10.6. The molecular formula is C20H18N2O5S2. The summed E-state index contributed by atoms with van der Waals surface area (Å²) in [5.41, 5.74) is 0.726. The van der Waals surface area contributed by atoms with Gasteiger partial charge < -0.3 is 4.74 Å². The lowest BCUT2D eigenvalue weighted by atomic mass is 9.92. The van der Waals surface area contributed by atoms with Gasteiger partial charge in [-0.25, -0.2) is 13.4 Å². The van der Waals surface area contributed by atoms with Crippen molar-refractivity contribution in [3.8, 4) is 5.75 Å². The molecule has 0 saturated heterocycles. The Morgan fingerprint density at radius 2 is 1.97 bits per heavy atom. The molecule has 0 spiro atoms. The number of fused-ring (bicyclic) bond motifs is 2. The maximum atomic E-state index is 12.6. The lowest BCUT2D eigenvalue weighted by Crippen LogP contribution is -2.36. The number of hydrogen-bond acceptors (Lipinski definition) is 7. The molecule has 0 atom stereocenters. The molecule has 0 saturated carbocycles. The number of hydrogen-bond donors (Lipinski definition) is 1. The highest BCUT2D eigenvalue weighted by atomic mass is 32.2. The van der Waals surface area contributed by atoms with Crippen molar-refractivity contribution in [3.05, 3.63) is 47.5 Å². The van der Waals surface area contributed by atoms with Crippen LogP contribution in [-0.2, 0) is 9.84 Å². The van der Waals surface area contributed by atoms with E-state index in [1.807, 2.05) is 13.8 Å². The number of sulfone groups is 1. The molecule has 4 rings (SSSR count). The molecule has 2 aromatic carbocycles. The third-order valence-corrected chi connectivity index (χ3v) is 6.57. The monoisotopic (exact) mass is 430 g/mol. The molecule has 1 aromatic heterocycles. The van der Waals surface area contributed by atoms with Gasteiger partial charge in [0.05, 0.1) is 27.1 Å². The predicted octanol–water partition coefficient (Wildman–Crippen LogP) is 3.70. The van der Waals surface area contributed by atoms with E-state index in [9.17, 15) is 18.0 Å². The summed E-state index contributed by atoms with van der Waals surface area (Å²) in [6, 6.07) is 9.37. The third-order valence-electron chi connectivity index (χ3n) is 4.52. The zero-order valence-electron chi connectivity index (χ0n) is 16.0. The molecule has 1 amide bonds. The van der Waals surface area contributed by atoms with Crippen LogP contribution in [0.15, 0.2) is 41.3 Å². The number of ether oxygens (including phenoxy) is 1. The summed E-state index contributed by atoms with van der Waals surface area (Å²) in [6.07, 6.45) is 1.38. The van der Waals surface area contributed by atoms with Crippen molar-refractivity contribution < 1.29 is 22.7 Å². The van der Waals surface area contributed by atoms with Crippen LogP contribution in [0.3, 0.4) is 0 Å². The van der Waals surface area contributed by atoms with Gasteiger partial charge in [-0.1, -0.05) is 11.3 Å². The first-order valence-electron chi connectivity index (χ1n) is 8.80. The highest BCUT2D eigenvalue weighted by molar-refractivity contribution is 7.90. The Bertz CT molecular complexity index is 1280. The van der Waals surface area contributed by atoms with Crippen LogP contribution >= 0.6 is 11.3 Å². The van der Waals surface area contributed by atoms with Crippen molar-refractivity contribution in [1.29, 1.82) is 0 Å². The smallest absolute Gasteiger partial charge is 0.257 e. The summed E-state index contributed by atoms with van der Waals surface area (Å²) in [4.78, 5) is 29.6. The Balaban J connectivity index is 1.60. The topological polar surface area (TPSA) is 102 Å². The fourth-order valence-corrected chi connectivity index (χ4v) is 4.77. The van der Waals surface area contributed by atoms with Crippen LogP contribution in [0.25, 0.3) is 10.2 Å². The van der Waals surface area contributed by atoms with Crippen LogP contribution < -0.4 is 10.1 Å². The van der Waals surface area contributed by atoms with Gasteiger partial charge in [-0.2, -0.15) is 0 Å². The Morgan fingerprint density at radius 3 is 2.69 bits per heavy atom. The van der Waals surface area contributed by atoms with Gasteiger partial charge in [-0.3, -0.25) is 14.9 Å². The van der Waals surface area contributed by atoms with Crippen molar-refractivity contribution in [2.45, 2.75) is 30.8 Å². The number of nitrogens with zero attached hydrogens (tertiary/aromatic N) is 1. The highest BCUT2D eigenvalue weighted by Crippen LogP contribution is 2.34. The molecule has 0 bridgehead atoms. The fraction of sp³-hybridized carbons (Fsp3) is 0.250. The summed E-state index contributed by atoms with van der Waals surface area (Å²) in [5.74, 6) is -0.0110. The number of rotatable bonds is 3. The Hall–Kier alpha value is -2.78. The van der Waals surface area contributed by atoms with Crippen molar-refractivity contribution in [3.63, 3.8) is 0 Å². The zero-order chi connectivity index (χ0) is 21.0. The summed E-state index contributed by atoms with van der Waals surface area (Å²) in [7, 11) is -3.33. The first kappa shape index (κ1) is 19.5. The Labute approximate surface area is 171 Å². The number of aromatic nitrogens is 1. The number of thiazole rings is 1. The second kappa shape index (κ2) is 6.64. The summed E-state index contributed by atoms with van der Waals surface area (Å²) in [5, 5.41) is 3.06. The van der Waals surface area contributed by atoms with E-state index in [4.69, 9.17) is 4.74 Å². The standard InChI is InChI=1S/C20H18N2O5S2/c1-20(2)10-15(23)13-8-11(4-7-16(13)27-20)18(24)22-19-21-14-6-5-12(29(3,25)26)9-17(14)28-19/h4-9H,10H2,1-3H3,(H,21,22,24). The summed E-state index contributed by atoms with van der Waals surface area (Å²) in [6.45, 7) is 3.69.